The zero-order valence-electron chi connectivity index (χ0n) is 14.7. The molecule has 23 heavy (non-hydrogen) atoms. The molecule has 0 saturated carbocycles. The van der Waals surface area contributed by atoms with Crippen molar-refractivity contribution in [2.45, 2.75) is 71.7 Å². The maximum atomic E-state index is 12.2. The number of aryl methyl sites for hydroxylation is 1. The van der Waals surface area contributed by atoms with E-state index in [9.17, 15) is 4.79 Å². The van der Waals surface area contributed by atoms with Crippen molar-refractivity contribution in [3.8, 4) is 0 Å². The highest BCUT2D eigenvalue weighted by molar-refractivity contribution is 5.68. The number of rotatable bonds is 5. The maximum absolute atomic E-state index is 12.2. The smallest absolute Gasteiger partial charge is 0.410 e. The Labute approximate surface area is 137 Å². The second-order valence-corrected chi connectivity index (χ2v) is 6.94. The van der Waals surface area contributed by atoms with Crippen LogP contribution >= 0.6 is 0 Å². The molecule has 2 heterocycles. The number of amides is 1. The fourth-order valence-electron chi connectivity index (χ4n) is 2.55. The number of likely N-dealkylation sites (tertiary alicyclic amines) is 1. The third-order valence-electron chi connectivity index (χ3n) is 3.93. The molecule has 0 bridgehead atoms. The average molecular weight is 325 g/mol. The number of carbonyl (C=O) groups is 1. The van der Waals surface area contributed by atoms with E-state index in [0.29, 0.717) is 37.8 Å². The van der Waals surface area contributed by atoms with E-state index < -0.39 is 5.60 Å². The molecule has 7 nitrogen and oxygen atoms in total. The van der Waals surface area contributed by atoms with Gasteiger partial charge in [-0.1, -0.05) is 19.0 Å². The van der Waals surface area contributed by atoms with Crippen LogP contribution in [0.5, 0.6) is 0 Å². The third kappa shape index (κ3) is 4.67. The Hall–Kier alpha value is -1.63. The van der Waals surface area contributed by atoms with E-state index in [-0.39, 0.29) is 11.7 Å². The van der Waals surface area contributed by atoms with Crippen molar-refractivity contribution >= 4 is 6.09 Å². The number of ether oxygens (including phenoxy) is 2. The normalized spacial score (nSPS) is 21.7. The summed E-state index contributed by atoms with van der Waals surface area (Å²) in [5.74, 6) is 1.15. The van der Waals surface area contributed by atoms with Crippen molar-refractivity contribution in [2.24, 2.45) is 0 Å². The average Bonchev–Trinajstić information content (AvgIpc) is 3.11. The van der Waals surface area contributed by atoms with Crippen molar-refractivity contribution in [3.63, 3.8) is 0 Å². The van der Waals surface area contributed by atoms with E-state index in [1.807, 2.05) is 27.7 Å². The van der Waals surface area contributed by atoms with Gasteiger partial charge in [0.15, 0.2) is 5.82 Å². The number of hydrogen-bond donors (Lipinski definition) is 0. The summed E-state index contributed by atoms with van der Waals surface area (Å²) in [5, 5.41) is 3.90. The van der Waals surface area contributed by atoms with Crippen molar-refractivity contribution in [1.82, 2.24) is 15.0 Å². The molecule has 130 valence electrons. The first kappa shape index (κ1) is 17.7. The lowest BCUT2D eigenvalue weighted by atomic mass is 10.00. The third-order valence-corrected chi connectivity index (χ3v) is 3.93. The quantitative estimate of drug-likeness (QED) is 0.828. The molecule has 1 unspecified atom stereocenters. The number of hydrogen-bond acceptors (Lipinski definition) is 6. The van der Waals surface area contributed by atoms with Crippen LogP contribution < -0.4 is 0 Å². The van der Waals surface area contributed by atoms with Gasteiger partial charge in [0.1, 0.15) is 12.2 Å². The lowest BCUT2D eigenvalue weighted by Gasteiger charge is -2.29. The predicted octanol–water partition coefficient (Wildman–Crippen LogP) is 2.94. The summed E-state index contributed by atoms with van der Waals surface area (Å²) in [7, 11) is 0. The van der Waals surface area contributed by atoms with Crippen LogP contribution in [0.4, 0.5) is 4.79 Å². The molecule has 7 heteroatoms. The molecule has 1 saturated heterocycles. The van der Waals surface area contributed by atoms with Gasteiger partial charge < -0.3 is 18.9 Å². The minimum atomic E-state index is -0.489. The molecular weight excluding hydrogens is 298 g/mol. The minimum absolute atomic E-state index is 0.288. The van der Waals surface area contributed by atoms with E-state index >= 15 is 0 Å². The van der Waals surface area contributed by atoms with Gasteiger partial charge in [-0.15, -0.1) is 0 Å². The van der Waals surface area contributed by atoms with Crippen LogP contribution in [-0.4, -0.2) is 45.4 Å². The molecular formula is C16H27N3O4. The molecule has 1 amide bonds. The van der Waals surface area contributed by atoms with E-state index in [4.69, 9.17) is 14.0 Å². The van der Waals surface area contributed by atoms with Crippen LogP contribution in [0.3, 0.4) is 0 Å². The topological polar surface area (TPSA) is 77.7 Å². The van der Waals surface area contributed by atoms with E-state index in [1.165, 1.54) is 0 Å². The van der Waals surface area contributed by atoms with E-state index in [2.05, 4.69) is 17.1 Å². The van der Waals surface area contributed by atoms with Gasteiger partial charge in [-0.3, -0.25) is 0 Å². The molecule has 0 N–H and O–H groups in total. The molecule has 1 aromatic heterocycles. The molecule has 1 aromatic rings. The zero-order valence-corrected chi connectivity index (χ0v) is 14.7. The fourth-order valence-corrected chi connectivity index (χ4v) is 2.55. The van der Waals surface area contributed by atoms with Crippen LogP contribution in [0.15, 0.2) is 4.52 Å². The molecule has 0 spiro atoms. The second kappa shape index (κ2) is 6.86. The van der Waals surface area contributed by atoms with Crippen LogP contribution in [0, 0.1) is 0 Å². The molecule has 1 atom stereocenters. The Morgan fingerprint density at radius 1 is 1.39 bits per heavy atom. The molecule has 0 aromatic carbocycles. The summed E-state index contributed by atoms with van der Waals surface area (Å²) < 4.78 is 16.6. The molecule has 2 rings (SSSR count). The lowest BCUT2D eigenvalue weighted by Crippen LogP contribution is -2.40. The fraction of sp³-hybridized carbons (Fsp3) is 0.812. The van der Waals surface area contributed by atoms with Crippen LogP contribution in [-0.2, 0) is 22.5 Å². The molecule has 1 aliphatic rings. The summed E-state index contributed by atoms with van der Waals surface area (Å²) in [6.45, 7) is 11.1. The molecule has 0 radical (unpaired) electrons. The largest absolute Gasteiger partial charge is 0.444 e. The Bertz CT molecular complexity index is 538. The highest BCUT2D eigenvalue weighted by Gasteiger charge is 2.41. The van der Waals surface area contributed by atoms with E-state index in [0.717, 1.165) is 12.8 Å². The van der Waals surface area contributed by atoms with Gasteiger partial charge in [0, 0.05) is 13.0 Å². The van der Waals surface area contributed by atoms with Crippen LogP contribution in [0.25, 0.3) is 0 Å². The number of nitrogens with zero attached hydrogens (tertiary/aromatic N) is 3. The Morgan fingerprint density at radius 2 is 2.13 bits per heavy atom. The Morgan fingerprint density at radius 3 is 2.70 bits per heavy atom. The summed E-state index contributed by atoms with van der Waals surface area (Å²) in [5.41, 5.74) is -0.861. The monoisotopic (exact) mass is 325 g/mol. The van der Waals surface area contributed by atoms with Gasteiger partial charge in [0.05, 0.1) is 12.1 Å². The van der Waals surface area contributed by atoms with Crippen LogP contribution in [0.1, 0.15) is 59.2 Å². The van der Waals surface area contributed by atoms with Gasteiger partial charge >= 0.3 is 6.09 Å². The minimum Gasteiger partial charge on any atom is -0.444 e. The van der Waals surface area contributed by atoms with Gasteiger partial charge in [-0.25, -0.2) is 4.79 Å². The summed E-state index contributed by atoms with van der Waals surface area (Å²) in [6.07, 6.45) is 2.01. The molecule has 1 fully saturated rings. The molecule has 0 aliphatic carbocycles. The van der Waals surface area contributed by atoms with E-state index in [1.54, 1.807) is 4.90 Å². The number of aromatic nitrogens is 2. The van der Waals surface area contributed by atoms with Gasteiger partial charge in [0.2, 0.25) is 5.89 Å². The first-order valence-electron chi connectivity index (χ1n) is 8.20. The van der Waals surface area contributed by atoms with Gasteiger partial charge in [-0.2, -0.15) is 4.98 Å². The second-order valence-electron chi connectivity index (χ2n) is 6.94. The summed E-state index contributed by atoms with van der Waals surface area (Å²) in [4.78, 5) is 18.2. The SMILES string of the molecule is CCc1nc(COC2(CC)CCN(C(=O)OC(C)(C)C)C2)no1. The van der Waals surface area contributed by atoms with Crippen molar-refractivity contribution in [1.29, 1.82) is 0 Å². The van der Waals surface area contributed by atoms with Gasteiger partial charge in [0.25, 0.3) is 0 Å². The highest BCUT2D eigenvalue weighted by atomic mass is 16.6. The zero-order chi connectivity index (χ0) is 17.1. The first-order chi connectivity index (χ1) is 10.8. The molecule has 1 aliphatic heterocycles. The van der Waals surface area contributed by atoms with Crippen molar-refractivity contribution in [2.75, 3.05) is 13.1 Å². The standard InChI is InChI=1S/C16H27N3O4/c1-6-13-17-12(18-23-13)10-21-16(7-2)8-9-19(11-16)14(20)22-15(3,4)5/h6-11H2,1-5H3. The lowest BCUT2D eigenvalue weighted by molar-refractivity contribution is -0.0556. The van der Waals surface area contributed by atoms with Crippen molar-refractivity contribution < 1.29 is 18.8 Å². The van der Waals surface area contributed by atoms with Gasteiger partial charge in [-0.05, 0) is 33.6 Å². The Balaban J connectivity index is 1.93. The summed E-state index contributed by atoms with van der Waals surface area (Å²) >= 11 is 0. The summed E-state index contributed by atoms with van der Waals surface area (Å²) in [6, 6.07) is 0. The Kier molecular flexibility index (Phi) is 5.29. The first-order valence-corrected chi connectivity index (χ1v) is 8.20. The predicted molar refractivity (Wildman–Crippen MR) is 83.9 cm³/mol. The van der Waals surface area contributed by atoms with Crippen LogP contribution in [0.2, 0.25) is 0 Å². The number of carbonyl (C=O) groups excluding carboxylic acids is 1. The highest BCUT2D eigenvalue weighted by Crippen LogP contribution is 2.30. The maximum Gasteiger partial charge on any atom is 0.410 e. The van der Waals surface area contributed by atoms with Crippen molar-refractivity contribution in [3.05, 3.63) is 11.7 Å².